The summed E-state index contributed by atoms with van der Waals surface area (Å²) in [5.74, 6) is 1.91. The van der Waals surface area contributed by atoms with Gasteiger partial charge in [0.05, 0.1) is 6.61 Å². The quantitative estimate of drug-likeness (QED) is 0.752. The van der Waals surface area contributed by atoms with Gasteiger partial charge in [-0.05, 0) is 49.9 Å². The van der Waals surface area contributed by atoms with Crippen molar-refractivity contribution in [1.29, 1.82) is 0 Å². The lowest BCUT2D eigenvalue weighted by molar-refractivity contribution is 0.261. The fraction of sp³-hybridized carbons (Fsp3) is 0.647. The molecule has 0 heterocycles. The van der Waals surface area contributed by atoms with Crippen molar-refractivity contribution in [2.24, 2.45) is 5.92 Å². The molecule has 19 heavy (non-hydrogen) atoms. The number of hydrogen-bond donors (Lipinski definition) is 1. The second-order valence-electron chi connectivity index (χ2n) is 5.54. The van der Waals surface area contributed by atoms with Crippen LogP contribution in [0, 0.1) is 5.92 Å². The summed E-state index contributed by atoms with van der Waals surface area (Å²) in [4.78, 5) is 0. The Labute approximate surface area is 117 Å². The van der Waals surface area contributed by atoms with Crippen LogP contribution in [0.5, 0.6) is 5.75 Å². The van der Waals surface area contributed by atoms with Crippen LogP contribution in [0.3, 0.4) is 0 Å². The van der Waals surface area contributed by atoms with Crippen molar-refractivity contribution in [2.45, 2.75) is 52.0 Å². The summed E-state index contributed by atoms with van der Waals surface area (Å²) in [6.07, 6.45) is 6.74. The van der Waals surface area contributed by atoms with Gasteiger partial charge < -0.3 is 10.1 Å². The number of ether oxygens (including phenoxy) is 1. The van der Waals surface area contributed by atoms with E-state index in [0.717, 1.165) is 24.8 Å². The third-order valence-electron chi connectivity index (χ3n) is 4.03. The molecule has 0 radical (unpaired) electrons. The first-order chi connectivity index (χ1) is 9.33. The maximum atomic E-state index is 5.51. The molecule has 1 fully saturated rings. The van der Waals surface area contributed by atoms with Gasteiger partial charge in [0, 0.05) is 6.04 Å². The molecule has 1 N–H and O–H groups in total. The van der Waals surface area contributed by atoms with E-state index in [1.165, 1.54) is 37.7 Å². The molecule has 106 valence electrons. The molecule has 0 amide bonds. The zero-order chi connectivity index (χ0) is 13.5. The standard InChI is InChI=1S/C17H27NO/c1-3-12-18-17(13-14-6-5-7-14)15-8-10-16(11-9-15)19-4-2/h8-11,14,17-18H,3-7,12-13H2,1-2H3. The number of rotatable bonds is 8. The fourth-order valence-corrected chi connectivity index (χ4v) is 2.68. The van der Waals surface area contributed by atoms with Crippen molar-refractivity contribution >= 4 is 0 Å². The molecule has 1 aromatic rings. The van der Waals surface area contributed by atoms with Gasteiger partial charge in [0.15, 0.2) is 0 Å². The summed E-state index contributed by atoms with van der Waals surface area (Å²) in [6.45, 7) is 6.09. The van der Waals surface area contributed by atoms with Crippen LogP contribution >= 0.6 is 0 Å². The Morgan fingerprint density at radius 3 is 2.47 bits per heavy atom. The van der Waals surface area contributed by atoms with E-state index < -0.39 is 0 Å². The minimum absolute atomic E-state index is 0.515. The summed E-state index contributed by atoms with van der Waals surface area (Å²) in [5, 5.41) is 3.70. The van der Waals surface area contributed by atoms with Gasteiger partial charge in [-0.3, -0.25) is 0 Å². The van der Waals surface area contributed by atoms with Crippen LogP contribution in [0.4, 0.5) is 0 Å². The van der Waals surface area contributed by atoms with E-state index in [1.54, 1.807) is 0 Å². The normalized spacial score (nSPS) is 16.9. The molecular formula is C17H27NO. The van der Waals surface area contributed by atoms with Crippen LogP contribution in [0.1, 0.15) is 57.6 Å². The van der Waals surface area contributed by atoms with Crippen LogP contribution in [0.2, 0.25) is 0 Å². The average molecular weight is 261 g/mol. The van der Waals surface area contributed by atoms with Crippen LogP contribution in [-0.4, -0.2) is 13.2 Å². The van der Waals surface area contributed by atoms with E-state index in [0.29, 0.717) is 6.04 Å². The molecule has 2 nitrogen and oxygen atoms in total. The minimum atomic E-state index is 0.515. The van der Waals surface area contributed by atoms with Crippen LogP contribution < -0.4 is 10.1 Å². The second kappa shape index (κ2) is 7.54. The van der Waals surface area contributed by atoms with E-state index in [1.807, 2.05) is 6.92 Å². The van der Waals surface area contributed by atoms with Crippen LogP contribution in [0.25, 0.3) is 0 Å². The number of nitrogens with one attached hydrogen (secondary N) is 1. The van der Waals surface area contributed by atoms with Crippen LogP contribution in [-0.2, 0) is 0 Å². The Kier molecular flexibility index (Phi) is 5.71. The summed E-state index contributed by atoms with van der Waals surface area (Å²) in [7, 11) is 0. The first kappa shape index (κ1) is 14.4. The largest absolute Gasteiger partial charge is 0.494 e. The second-order valence-corrected chi connectivity index (χ2v) is 5.54. The molecule has 1 unspecified atom stereocenters. The highest BCUT2D eigenvalue weighted by molar-refractivity contribution is 5.29. The first-order valence-corrected chi connectivity index (χ1v) is 7.79. The highest BCUT2D eigenvalue weighted by Gasteiger charge is 2.22. The van der Waals surface area contributed by atoms with E-state index >= 15 is 0 Å². The molecular weight excluding hydrogens is 234 g/mol. The Hall–Kier alpha value is -1.02. The monoisotopic (exact) mass is 261 g/mol. The Morgan fingerprint density at radius 1 is 1.21 bits per heavy atom. The topological polar surface area (TPSA) is 21.3 Å². The van der Waals surface area contributed by atoms with Gasteiger partial charge in [0.1, 0.15) is 5.75 Å². The van der Waals surface area contributed by atoms with Gasteiger partial charge in [-0.15, -0.1) is 0 Å². The molecule has 0 spiro atoms. The van der Waals surface area contributed by atoms with Gasteiger partial charge in [-0.25, -0.2) is 0 Å². The van der Waals surface area contributed by atoms with Gasteiger partial charge in [0.25, 0.3) is 0 Å². The summed E-state index contributed by atoms with van der Waals surface area (Å²) in [5.41, 5.74) is 1.41. The highest BCUT2D eigenvalue weighted by atomic mass is 16.5. The zero-order valence-electron chi connectivity index (χ0n) is 12.3. The molecule has 1 atom stereocenters. The smallest absolute Gasteiger partial charge is 0.119 e. The van der Waals surface area contributed by atoms with E-state index in [-0.39, 0.29) is 0 Å². The zero-order valence-corrected chi connectivity index (χ0v) is 12.3. The Morgan fingerprint density at radius 2 is 1.95 bits per heavy atom. The molecule has 2 rings (SSSR count). The van der Waals surface area contributed by atoms with Crippen molar-refractivity contribution in [3.63, 3.8) is 0 Å². The van der Waals surface area contributed by atoms with Crippen LogP contribution in [0.15, 0.2) is 24.3 Å². The molecule has 1 aliphatic carbocycles. The van der Waals surface area contributed by atoms with Crippen molar-refractivity contribution < 1.29 is 4.74 Å². The Bertz CT molecular complexity index is 356. The van der Waals surface area contributed by atoms with Crippen molar-refractivity contribution in [3.8, 4) is 5.75 Å². The summed E-state index contributed by atoms with van der Waals surface area (Å²) >= 11 is 0. The molecule has 0 bridgehead atoms. The average Bonchev–Trinajstić information content (AvgIpc) is 2.38. The predicted octanol–water partition coefficient (Wildman–Crippen LogP) is 4.32. The predicted molar refractivity (Wildman–Crippen MR) is 80.6 cm³/mol. The maximum absolute atomic E-state index is 5.51. The van der Waals surface area contributed by atoms with Gasteiger partial charge in [0.2, 0.25) is 0 Å². The molecule has 0 aromatic heterocycles. The molecule has 1 aliphatic rings. The number of benzene rings is 1. The van der Waals surface area contributed by atoms with Gasteiger partial charge in [-0.1, -0.05) is 38.3 Å². The third-order valence-corrected chi connectivity index (χ3v) is 4.03. The van der Waals surface area contributed by atoms with Gasteiger partial charge in [-0.2, -0.15) is 0 Å². The molecule has 0 saturated heterocycles. The van der Waals surface area contributed by atoms with Crippen molar-refractivity contribution in [3.05, 3.63) is 29.8 Å². The molecule has 2 heteroatoms. The summed E-state index contributed by atoms with van der Waals surface area (Å²) < 4.78 is 5.51. The van der Waals surface area contributed by atoms with Crippen molar-refractivity contribution in [2.75, 3.05) is 13.2 Å². The van der Waals surface area contributed by atoms with E-state index in [2.05, 4.69) is 36.5 Å². The molecule has 1 aromatic carbocycles. The fourth-order valence-electron chi connectivity index (χ4n) is 2.68. The van der Waals surface area contributed by atoms with E-state index in [9.17, 15) is 0 Å². The van der Waals surface area contributed by atoms with Gasteiger partial charge >= 0.3 is 0 Å². The van der Waals surface area contributed by atoms with Crippen molar-refractivity contribution in [1.82, 2.24) is 5.32 Å². The highest BCUT2D eigenvalue weighted by Crippen LogP contribution is 2.35. The maximum Gasteiger partial charge on any atom is 0.119 e. The lowest BCUT2D eigenvalue weighted by atomic mass is 9.79. The summed E-state index contributed by atoms with van der Waals surface area (Å²) in [6, 6.07) is 9.15. The Balaban J connectivity index is 1.98. The minimum Gasteiger partial charge on any atom is -0.494 e. The first-order valence-electron chi connectivity index (χ1n) is 7.79. The SMILES string of the molecule is CCCNC(CC1CCC1)c1ccc(OCC)cc1. The molecule has 0 aliphatic heterocycles. The van der Waals surface area contributed by atoms with E-state index in [4.69, 9.17) is 4.74 Å². The number of hydrogen-bond acceptors (Lipinski definition) is 2. The lowest BCUT2D eigenvalue weighted by Gasteiger charge is -2.30. The lowest BCUT2D eigenvalue weighted by Crippen LogP contribution is -2.26. The molecule has 1 saturated carbocycles. The third kappa shape index (κ3) is 4.24.